The Kier molecular flexibility index (Phi) is 4.79. The highest BCUT2D eigenvalue weighted by Crippen LogP contribution is 2.34. The minimum Gasteiger partial charge on any atom is -0.299 e. The van der Waals surface area contributed by atoms with E-state index in [-0.39, 0.29) is 0 Å². The van der Waals surface area contributed by atoms with Crippen LogP contribution in [0.2, 0.25) is 0 Å². The van der Waals surface area contributed by atoms with Crippen molar-refractivity contribution >= 4 is 5.78 Å². The molecule has 19 heavy (non-hydrogen) atoms. The summed E-state index contributed by atoms with van der Waals surface area (Å²) in [5.74, 6) is 2.37. The minimum atomic E-state index is 0.316. The van der Waals surface area contributed by atoms with Crippen LogP contribution >= 0.6 is 0 Å². The van der Waals surface area contributed by atoms with Crippen molar-refractivity contribution in [1.82, 2.24) is 0 Å². The summed E-state index contributed by atoms with van der Waals surface area (Å²) in [6, 6.07) is 8.37. The van der Waals surface area contributed by atoms with Crippen molar-refractivity contribution in [3.8, 4) is 0 Å². The van der Waals surface area contributed by atoms with E-state index in [4.69, 9.17) is 0 Å². The first-order valence-corrected chi connectivity index (χ1v) is 7.64. The normalized spacial score (nSPS) is 23.6. The lowest BCUT2D eigenvalue weighted by Gasteiger charge is -2.30. The lowest BCUT2D eigenvalue weighted by atomic mass is 9.75. The first kappa shape index (κ1) is 14.3. The molecule has 0 spiro atoms. The van der Waals surface area contributed by atoms with Crippen LogP contribution in [0.15, 0.2) is 24.3 Å². The van der Waals surface area contributed by atoms with Gasteiger partial charge in [-0.1, -0.05) is 43.7 Å². The zero-order valence-corrected chi connectivity index (χ0v) is 12.5. The number of benzene rings is 1. The van der Waals surface area contributed by atoms with Crippen LogP contribution < -0.4 is 0 Å². The number of aryl methyl sites for hydroxylation is 1. The van der Waals surface area contributed by atoms with Crippen LogP contribution in [0, 0.1) is 24.7 Å². The smallest absolute Gasteiger partial charge is 0.140 e. The maximum atomic E-state index is 12.3. The molecule has 104 valence electrons. The van der Waals surface area contributed by atoms with Gasteiger partial charge in [0.05, 0.1) is 0 Å². The van der Waals surface area contributed by atoms with Crippen LogP contribution in [0.5, 0.6) is 0 Å². The average Bonchev–Trinajstić information content (AvgIpc) is 2.41. The van der Waals surface area contributed by atoms with E-state index in [2.05, 4.69) is 45.0 Å². The predicted octanol–water partition coefficient (Wildman–Crippen LogP) is 4.57. The molecule has 1 aromatic carbocycles. The molecule has 0 heterocycles. The van der Waals surface area contributed by atoms with Crippen LogP contribution in [0.25, 0.3) is 0 Å². The highest BCUT2D eigenvalue weighted by atomic mass is 16.1. The number of ketones is 1. The highest BCUT2D eigenvalue weighted by molar-refractivity contribution is 5.83. The van der Waals surface area contributed by atoms with Crippen molar-refractivity contribution < 1.29 is 4.79 Å². The van der Waals surface area contributed by atoms with Gasteiger partial charge in [-0.3, -0.25) is 4.79 Å². The van der Waals surface area contributed by atoms with E-state index in [0.29, 0.717) is 18.1 Å². The molecular weight excluding hydrogens is 232 g/mol. The SMILES string of the molecule is Cc1ccc(CC(=O)C2CCC(C(C)C)CC2)cc1. The third-order valence-electron chi connectivity index (χ3n) is 4.67. The summed E-state index contributed by atoms with van der Waals surface area (Å²) < 4.78 is 0. The fourth-order valence-electron chi connectivity index (χ4n) is 3.16. The Bertz CT molecular complexity index is 408. The largest absolute Gasteiger partial charge is 0.299 e. The van der Waals surface area contributed by atoms with E-state index < -0.39 is 0 Å². The molecule has 1 aliphatic rings. The number of Topliss-reactive ketones (excluding diaryl/α,β-unsaturated/α-hetero) is 1. The lowest BCUT2D eigenvalue weighted by molar-refractivity contribution is -0.123. The van der Waals surface area contributed by atoms with Gasteiger partial charge >= 0.3 is 0 Å². The predicted molar refractivity (Wildman–Crippen MR) is 80.2 cm³/mol. The van der Waals surface area contributed by atoms with Gasteiger partial charge in [-0.15, -0.1) is 0 Å². The second-order valence-corrected chi connectivity index (χ2v) is 6.48. The second kappa shape index (κ2) is 6.36. The van der Waals surface area contributed by atoms with Crippen molar-refractivity contribution in [2.75, 3.05) is 0 Å². The monoisotopic (exact) mass is 258 g/mol. The molecule has 0 N–H and O–H groups in total. The standard InChI is InChI=1S/C18H26O/c1-13(2)16-8-10-17(11-9-16)18(19)12-15-6-4-14(3)5-7-15/h4-7,13,16-17H,8-12H2,1-3H3. The molecule has 1 nitrogen and oxygen atoms in total. The van der Waals surface area contributed by atoms with E-state index in [0.717, 1.165) is 24.7 Å². The molecule has 1 aliphatic carbocycles. The first-order chi connectivity index (χ1) is 9.06. The molecule has 0 bridgehead atoms. The van der Waals surface area contributed by atoms with Crippen LogP contribution in [-0.4, -0.2) is 5.78 Å². The third kappa shape index (κ3) is 3.92. The molecule has 1 aromatic rings. The molecule has 0 aliphatic heterocycles. The van der Waals surface area contributed by atoms with Crippen molar-refractivity contribution in [2.45, 2.75) is 52.9 Å². The van der Waals surface area contributed by atoms with E-state index >= 15 is 0 Å². The summed E-state index contributed by atoms with van der Waals surface area (Å²) in [7, 11) is 0. The van der Waals surface area contributed by atoms with Crippen molar-refractivity contribution in [1.29, 1.82) is 0 Å². The summed E-state index contributed by atoms with van der Waals surface area (Å²) in [5.41, 5.74) is 2.43. The van der Waals surface area contributed by atoms with E-state index in [1.165, 1.54) is 24.0 Å². The molecule has 1 heteroatoms. The van der Waals surface area contributed by atoms with Gasteiger partial charge in [0.25, 0.3) is 0 Å². The molecule has 2 rings (SSSR count). The third-order valence-corrected chi connectivity index (χ3v) is 4.67. The van der Waals surface area contributed by atoms with Gasteiger partial charge in [0.15, 0.2) is 0 Å². The number of hydrogen-bond donors (Lipinski definition) is 0. The molecule has 1 fully saturated rings. The zero-order chi connectivity index (χ0) is 13.8. The van der Waals surface area contributed by atoms with Crippen LogP contribution in [0.1, 0.15) is 50.7 Å². The van der Waals surface area contributed by atoms with Crippen LogP contribution in [-0.2, 0) is 11.2 Å². The van der Waals surface area contributed by atoms with E-state index in [1.54, 1.807) is 0 Å². The summed E-state index contributed by atoms with van der Waals surface area (Å²) >= 11 is 0. The lowest BCUT2D eigenvalue weighted by Crippen LogP contribution is -2.25. The molecule has 0 unspecified atom stereocenters. The quantitative estimate of drug-likeness (QED) is 0.773. The molecule has 0 amide bonds. The van der Waals surface area contributed by atoms with Crippen molar-refractivity contribution in [2.24, 2.45) is 17.8 Å². The molecule has 0 atom stereocenters. The molecular formula is C18H26O. The van der Waals surface area contributed by atoms with Crippen molar-refractivity contribution in [3.05, 3.63) is 35.4 Å². The number of carbonyl (C=O) groups is 1. The summed E-state index contributed by atoms with van der Waals surface area (Å²) in [6.07, 6.45) is 5.31. The fraction of sp³-hybridized carbons (Fsp3) is 0.611. The number of hydrogen-bond acceptors (Lipinski definition) is 1. The van der Waals surface area contributed by atoms with Gasteiger partial charge in [0, 0.05) is 12.3 Å². The van der Waals surface area contributed by atoms with Crippen LogP contribution in [0.4, 0.5) is 0 Å². The summed E-state index contributed by atoms with van der Waals surface area (Å²) in [5, 5.41) is 0. The molecule has 1 saturated carbocycles. The van der Waals surface area contributed by atoms with Crippen molar-refractivity contribution in [3.63, 3.8) is 0 Å². The first-order valence-electron chi connectivity index (χ1n) is 7.64. The Morgan fingerprint density at radius 2 is 1.68 bits per heavy atom. The highest BCUT2D eigenvalue weighted by Gasteiger charge is 2.27. The van der Waals surface area contributed by atoms with Gasteiger partial charge in [-0.25, -0.2) is 0 Å². The zero-order valence-electron chi connectivity index (χ0n) is 12.5. The van der Waals surface area contributed by atoms with Gasteiger partial charge < -0.3 is 0 Å². The summed E-state index contributed by atoms with van der Waals surface area (Å²) in [6.45, 7) is 6.69. The number of carbonyl (C=O) groups excluding carboxylic acids is 1. The minimum absolute atomic E-state index is 0.316. The molecule has 0 saturated heterocycles. The van der Waals surface area contributed by atoms with Gasteiger partial charge in [-0.2, -0.15) is 0 Å². The Hall–Kier alpha value is -1.11. The van der Waals surface area contributed by atoms with Gasteiger partial charge in [0.1, 0.15) is 5.78 Å². The Morgan fingerprint density at radius 3 is 2.21 bits per heavy atom. The fourth-order valence-corrected chi connectivity index (χ4v) is 3.16. The second-order valence-electron chi connectivity index (χ2n) is 6.48. The maximum absolute atomic E-state index is 12.3. The Labute approximate surface area is 117 Å². The Balaban J connectivity index is 1.86. The van der Waals surface area contributed by atoms with Gasteiger partial charge in [0.2, 0.25) is 0 Å². The van der Waals surface area contributed by atoms with Gasteiger partial charge in [-0.05, 0) is 50.0 Å². The topological polar surface area (TPSA) is 17.1 Å². The van der Waals surface area contributed by atoms with E-state index in [9.17, 15) is 4.79 Å². The number of rotatable bonds is 4. The van der Waals surface area contributed by atoms with Crippen LogP contribution in [0.3, 0.4) is 0 Å². The molecule has 0 aromatic heterocycles. The Morgan fingerprint density at radius 1 is 1.11 bits per heavy atom. The average molecular weight is 258 g/mol. The van der Waals surface area contributed by atoms with E-state index in [1.807, 2.05) is 0 Å². The molecule has 0 radical (unpaired) electrons. The maximum Gasteiger partial charge on any atom is 0.140 e. The summed E-state index contributed by atoms with van der Waals surface area (Å²) in [4.78, 5) is 12.3.